The maximum Gasteiger partial charge on any atom is 0.306 e. The Morgan fingerprint density at radius 3 is 2.79 bits per heavy atom. The summed E-state index contributed by atoms with van der Waals surface area (Å²) < 4.78 is 14.2. The molecule has 0 bridgehead atoms. The Morgan fingerprint density at radius 2 is 2.21 bits per heavy atom. The molecule has 0 unspecified atom stereocenters. The summed E-state index contributed by atoms with van der Waals surface area (Å²) in [4.78, 5) is 12.2. The van der Waals surface area contributed by atoms with Crippen LogP contribution in [-0.4, -0.2) is 4.92 Å². The van der Waals surface area contributed by atoms with Gasteiger partial charge in [0.05, 0.1) is 4.92 Å². The quantitative estimate of drug-likeness (QED) is 0.657. The first-order valence-electron chi connectivity index (χ1n) is 5.40. The minimum atomic E-state index is -0.828. The van der Waals surface area contributed by atoms with Crippen molar-refractivity contribution in [1.82, 2.24) is 0 Å². The summed E-state index contributed by atoms with van der Waals surface area (Å²) in [6, 6.07) is 5.77. The average Bonchev–Trinajstić information content (AvgIpc) is 2.67. The molecular weight excluding hydrogens is 335 g/mol. The number of nitrogens with zero attached hydrogens (tertiary/aromatic N) is 1. The normalized spacial score (nSPS) is 10.5. The summed E-state index contributed by atoms with van der Waals surface area (Å²) in [5.74, 6) is -0.828. The lowest BCUT2D eigenvalue weighted by atomic mass is 10.2. The Balaban J connectivity index is 2.11. The van der Waals surface area contributed by atoms with Gasteiger partial charge in [-0.1, -0.05) is 0 Å². The van der Waals surface area contributed by atoms with Crippen molar-refractivity contribution in [2.45, 2.75) is 13.5 Å². The van der Waals surface area contributed by atoms with Crippen LogP contribution in [0.4, 0.5) is 15.8 Å². The Bertz CT molecular complexity index is 611. The maximum absolute atomic E-state index is 13.2. The molecule has 0 fully saturated rings. The maximum atomic E-state index is 13.2. The number of benzene rings is 1. The topological polar surface area (TPSA) is 55.2 Å². The molecule has 100 valence electrons. The van der Waals surface area contributed by atoms with E-state index in [0.717, 1.165) is 15.4 Å². The lowest BCUT2D eigenvalue weighted by Gasteiger charge is -2.04. The van der Waals surface area contributed by atoms with E-state index in [0.29, 0.717) is 12.2 Å². The van der Waals surface area contributed by atoms with Crippen molar-refractivity contribution in [3.63, 3.8) is 0 Å². The molecular formula is C12H10BrFN2O2S. The number of anilines is 1. The van der Waals surface area contributed by atoms with Gasteiger partial charge >= 0.3 is 5.69 Å². The largest absolute Gasteiger partial charge is 0.380 e. The van der Waals surface area contributed by atoms with Gasteiger partial charge in [0.15, 0.2) is 0 Å². The molecule has 0 atom stereocenters. The number of thiophene rings is 1. The second-order valence-corrected chi connectivity index (χ2v) is 6.09. The summed E-state index contributed by atoms with van der Waals surface area (Å²) in [5, 5.41) is 13.7. The van der Waals surface area contributed by atoms with Crippen molar-refractivity contribution in [1.29, 1.82) is 0 Å². The van der Waals surface area contributed by atoms with Crippen LogP contribution in [0.1, 0.15) is 9.75 Å². The second-order valence-electron chi connectivity index (χ2n) is 3.89. The van der Waals surface area contributed by atoms with E-state index in [9.17, 15) is 14.5 Å². The number of nitro benzene ring substituents is 1. The van der Waals surface area contributed by atoms with Crippen LogP contribution in [-0.2, 0) is 6.54 Å². The SMILES string of the molecule is Cc1sc(CNc2ccc(F)c([N+](=O)[O-])c2)cc1Br. The Hall–Kier alpha value is -1.47. The van der Waals surface area contributed by atoms with Gasteiger partial charge in [0.2, 0.25) is 5.82 Å². The van der Waals surface area contributed by atoms with Crippen LogP contribution in [0, 0.1) is 22.9 Å². The number of nitrogens with one attached hydrogen (secondary N) is 1. The van der Waals surface area contributed by atoms with Gasteiger partial charge in [-0.2, -0.15) is 4.39 Å². The zero-order valence-corrected chi connectivity index (χ0v) is 12.3. The standard InChI is InChI=1S/C12H10BrFN2O2S/c1-7-10(13)5-9(19-7)6-15-8-2-3-11(14)12(4-8)16(17)18/h2-5,15H,6H2,1H3. The monoisotopic (exact) mass is 344 g/mol. The average molecular weight is 345 g/mol. The van der Waals surface area contributed by atoms with E-state index in [4.69, 9.17) is 0 Å². The molecule has 2 aromatic rings. The van der Waals surface area contributed by atoms with Crippen molar-refractivity contribution < 1.29 is 9.31 Å². The van der Waals surface area contributed by atoms with Crippen molar-refractivity contribution in [3.8, 4) is 0 Å². The van der Waals surface area contributed by atoms with Gasteiger partial charge in [-0.05, 0) is 41.1 Å². The molecule has 0 aliphatic carbocycles. The van der Waals surface area contributed by atoms with Gasteiger partial charge in [0, 0.05) is 32.5 Å². The Morgan fingerprint density at radius 1 is 1.47 bits per heavy atom. The third-order valence-electron chi connectivity index (χ3n) is 2.52. The van der Waals surface area contributed by atoms with E-state index in [-0.39, 0.29) is 0 Å². The molecule has 1 aromatic carbocycles. The lowest BCUT2D eigenvalue weighted by Crippen LogP contribution is -1.99. The first-order chi connectivity index (χ1) is 8.97. The lowest BCUT2D eigenvalue weighted by molar-refractivity contribution is -0.387. The molecule has 0 aliphatic heterocycles. The molecule has 0 radical (unpaired) electrons. The minimum absolute atomic E-state index is 0.520. The number of rotatable bonds is 4. The van der Waals surface area contributed by atoms with Crippen molar-refractivity contribution in [2.24, 2.45) is 0 Å². The highest BCUT2D eigenvalue weighted by molar-refractivity contribution is 9.10. The van der Waals surface area contributed by atoms with E-state index >= 15 is 0 Å². The van der Waals surface area contributed by atoms with E-state index in [1.165, 1.54) is 17.0 Å². The van der Waals surface area contributed by atoms with Gasteiger partial charge in [-0.25, -0.2) is 0 Å². The smallest absolute Gasteiger partial charge is 0.306 e. The molecule has 0 amide bonds. The molecule has 0 aliphatic rings. The van der Waals surface area contributed by atoms with Crippen LogP contribution < -0.4 is 5.32 Å². The number of aryl methyl sites for hydroxylation is 1. The Labute approximate surface area is 121 Å². The third-order valence-corrected chi connectivity index (χ3v) is 4.65. The molecule has 2 rings (SSSR count). The third kappa shape index (κ3) is 3.30. The molecule has 1 aromatic heterocycles. The summed E-state index contributed by atoms with van der Waals surface area (Å²) in [6.45, 7) is 2.54. The zero-order chi connectivity index (χ0) is 14.0. The second kappa shape index (κ2) is 5.66. The first kappa shape index (κ1) is 14.0. The fraction of sp³-hybridized carbons (Fsp3) is 0.167. The van der Waals surface area contributed by atoms with Crippen molar-refractivity contribution >= 4 is 38.6 Å². The first-order valence-corrected chi connectivity index (χ1v) is 7.01. The molecule has 1 N–H and O–H groups in total. The highest BCUT2D eigenvalue weighted by Gasteiger charge is 2.14. The van der Waals surface area contributed by atoms with Crippen LogP contribution >= 0.6 is 27.3 Å². The van der Waals surface area contributed by atoms with Gasteiger partial charge in [0.25, 0.3) is 0 Å². The fourth-order valence-electron chi connectivity index (χ4n) is 1.56. The molecule has 1 heterocycles. The predicted octanol–water partition coefficient (Wildman–Crippen LogP) is 4.48. The molecule has 4 nitrogen and oxygen atoms in total. The summed E-state index contributed by atoms with van der Waals surface area (Å²) in [7, 11) is 0. The molecule has 7 heteroatoms. The van der Waals surface area contributed by atoms with Gasteiger partial charge in [-0.3, -0.25) is 10.1 Å². The summed E-state index contributed by atoms with van der Waals surface area (Å²) >= 11 is 5.06. The Kier molecular flexibility index (Phi) is 4.16. The fourth-order valence-corrected chi connectivity index (χ4v) is 3.10. The van der Waals surface area contributed by atoms with Gasteiger partial charge < -0.3 is 5.32 Å². The van der Waals surface area contributed by atoms with E-state index in [1.807, 2.05) is 13.0 Å². The van der Waals surface area contributed by atoms with E-state index in [2.05, 4.69) is 21.2 Å². The predicted molar refractivity (Wildman–Crippen MR) is 77.1 cm³/mol. The van der Waals surface area contributed by atoms with Crippen LogP contribution in [0.25, 0.3) is 0 Å². The van der Waals surface area contributed by atoms with E-state index < -0.39 is 16.4 Å². The van der Waals surface area contributed by atoms with Crippen molar-refractivity contribution in [3.05, 3.63) is 54.4 Å². The number of hydrogen-bond acceptors (Lipinski definition) is 4. The number of halogens is 2. The highest BCUT2D eigenvalue weighted by atomic mass is 79.9. The summed E-state index contributed by atoms with van der Waals surface area (Å²) in [6.07, 6.45) is 0. The van der Waals surface area contributed by atoms with Crippen LogP contribution in [0.3, 0.4) is 0 Å². The van der Waals surface area contributed by atoms with E-state index in [1.54, 1.807) is 11.3 Å². The molecule has 0 saturated heterocycles. The molecule has 0 saturated carbocycles. The highest BCUT2D eigenvalue weighted by Crippen LogP contribution is 2.27. The van der Waals surface area contributed by atoms with Crippen LogP contribution in [0.5, 0.6) is 0 Å². The number of hydrogen-bond donors (Lipinski definition) is 1. The molecule has 0 spiro atoms. The minimum Gasteiger partial charge on any atom is -0.380 e. The van der Waals surface area contributed by atoms with Crippen LogP contribution in [0.15, 0.2) is 28.7 Å². The molecule has 19 heavy (non-hydrogen) atoms. The zero-order valence-electron chi connectivity index (χ0n) is 9.94. The van der Waals surface area contributed by atoms with Gasteiger partial charge in [-0.15, -0.1) is 11.3 Å². The number of nitro groups is 1. The van der Waals surface area contributed by atoms with Crippen LogP contribution in [0.2, 0.25) is 0 Å². The summed E-state index contributed by atoms with van der Waals surface area (Å²) in [5.41, 5.74) is 0.00353. The van der Waals surface area contributed by atoms with Crippen molar-refractivity contribution in [2.75, 3.05) is 5.32 Å². The van der Waals surface area contributed by atoms with Gasteiger partial charge in [0.1, 0.15) is 0 Å².